The van der Waals surface area contributed by atoms with Crippen molar-refractivity contribution in [2.45, 2.75) is 12.8 Å². The van der Waals surface area contributed by atoms with Gasteiger partial charge in [-0.25, -0.2) is 4.79 Å². The van der Waals surface area contributed by atoms with Crippen molar-refractivity contribution in [3.8, 4) is 11.8 Å². The largest absolute Gasteiger partial charge is 0.468 e. The number of benzene rings is 1. The first kappa shape index (κ1) is 20.0. The summed E-state index contributed by atoms with van der Waals surface area (Å²) in [4.78, 5) is 35.8. The zero-order chi connectivity index (χ0) is 18.7. The number of carbonyl (C=O) groups is 3. The Balaban J connectivity index is 3.13. The van der Waals surface area contributed by atoms with Crippen molar-refractivity contribution in [1.82, 2.24) is 0 Å². The monoisotopic (exact) mass is 344 g/mol. The molecule has 0 radical (unpaired) electrons. The van der Waals surface area contributed by atoms with Crippen LogP contribution >= 0.6 is 0 Å². The molecule has 0 saturated carbocycles. The van der Waals surface area contributed by atoms with Crippen molar-refractivity contribution in [2.75, 3.05) is 21.3 Å². The van der Waals surface area contributed by atoms with Crippen molar-refractivity contribution in [3.05, 3.63) is 48.0 Å². The highest BCUT2D eigenvalue weighted by atomic mass is 16.5. The van der Waals surface area contributed by atoms with Crippen LogP contribution in [0.2, 0.25) is 0 Å². The van der Waals surface area contributed by atoms with Gasteiger partial charge in [-0.1, -0.05) is 36.1 Å². The first-order valence-corrected chi connectivity index (χ1v) is 7.45. The zero-order valence-corrected chi connectivity index (χ0v) is 14.4. The predicted molar refractivity (Wildman–Crippen MR) is 90.2 cm³/mol. The maximum absolute atomic E-state index is 12.3. The van der Waals surface area contributed by atoms with Crippen molar-refractivity contribution >= 4 is 17.9 Å². The van der Waals surface area contributed by atoms with Gasteiger partial charge in [-0.05, 0) is 18.6 Å². The molecule has 1 aromatic rings. The summed E-state index contributed by atoms with van der Waals surface area (Å²) >= 11 is 0. The molecule has 1 aromatic carbocycles. The van der Waals surface area contributed by atoms with Crippen molar-refractivity contribution in [2.24, 2.45) is 5.41 Å². The fraction of sp³-hybridized carbons (Fsp3) is 0.316. The van der Waals surface area contributed by atoms with E-state index in [-0.39, 0.29) is 12.8 Å². The van der Waals surface area contributed by atoms with E-state index in [9.17, 15) is 14.4 Å². The van der Waals surface area contributed by atoms with Crippen molar-refractivity contribution < 1.29 is 28.6 Å². The van der Waals surface area contributed by atoms with Crippen LogP contribution in [0, 0.1) is 17.3 Å². The Morgan fingerprint density at radius 1 is 1.00 bits per heavy atom. The standard InChI is InChI=1S/C19H20O6/c1-23-16(20)12-8-14-19(17(21)24-2,18(22)25-3)13-7-11-15-9-5-4-6-10-15/h4-6,8-10,12H,13-14H2,1-3H3/b12-8-. The number of hydrogen-bond acceptors (Lipinski definition) is 6. The van der Waals surface area contributed by atoms with Gasteiger partial charge in [-0.15, -0.1) is 0 Å². The van der Waals surface area contributed by atoms with Crippen molar-refractivity contribution in [1.29, 1.82) is 0 Å². The molecule has 0 bridgehead atoms. The number of ether oxygens (including phenoxy) is 3. The highest BCUT2D eigenvalue weighted by Crippen LogP contribution is 2.30. The maximum atomic E-state index is 12.3. The van der Waals surface area contributed by atoms with Gasteiger partial charge in [0.2, 0.25) is 0 Å². The molecule has 0 aliphatic heterocycles. The van der Waals surface area contributed by atoms with Crippen molar-refractivity contribution in [3.63, 3.8) is 0 Å². The molecule has 132 valence electrons. The molecule has 0 saturated heterocycles. The van der Waals surface area contributed by atoms with E-state index in [0.29, 0.717) is 0 Å². The number of methoxy groups -OCH3 is 3. The number of rotatable bonds is 6. The number of allylic oxidation sites excluding steroid dienone is 1. The summed E-state index contributed by atoms with van der Waals surface area (Å²) in [5.74, 6) is 3.55. The van der Waals surface area contributed by atoms with Gasteiger partial charge in [-0.2, -0.15) is 0 Å². The quantitative estimate of drug-likeness (QED) is 0.258. The van der Waals surface area contributed by atoms with Crippen LogP contribution in [-0.4, -0.2) is 39.2 Å². The molecular formula is C19H20O6. The fourth-order valence-corrected chi connectivity index (χ4v) is 2.10. The minimum Gasteiger partial charge on any atom is -0.468 e. The Hall–Kier alpha value is -3.07. The topological polar surface area (TPSA) is 78.9 Å². The normalized spacial score (nSPS) is 10.5. The third-order valence-corrected chi connectivity index (χ3v) is 3.47. The molecule has 6 heteroatoms. The van der Waals surface area contributed by atoms with Crippen LogP contribution in [0.3, 0.4) is 0 Å². The molecule has 0 spiro atoms. The van der Waals surface area contributed by atoms with Gasteiger partial charge in [0.15, 0.2) is 5.41 Å². The minimum absolute atomic E-state index is 0.106. The van der Waals surface area contributed by atoms with Crippen LogP contribution in [0.4, 0.5) is 0 Å². The lowest BCUT2D eigenvalue weighted by atomic mass is 9.81. The highest BCUT2D eigenvalue weighted by Gasteiger charge is 2.47. The summed E-state index contributed by atoms with van der Waals surface area (Å²) in [7, 11) is 3.58. The Kier molecular flexibility index (Phi) is 7.94. The molecule has 0 heterocycles. The first-order valence-electron chi connectivity index (χ1n) is 7.45. The van der Waals surface area contributed by atoms with E-state index in [4.69, 9.17) is 9.47 Å². The van der Waals surface area contributed by atoms with Gasteiger partial charge in [0.1, 0.15) is 0 Å². The Bertz CT molecular complexity index is 678. The van der Waals surface area contributed by atoms with E-state index in [1.54, 1.807) is 0 Å². The summed E-state index contributed by atoms with van der Waals surface area (Å²) in [6.45, 7) is 0. The van der Waals surface area contributed by atoms with E-state index in [1.165, 1.54) is 27.4 Å². The average molecular weight is 344 g/mol. The molecule has 0 aromatic heterocycles. The second kappa shape index (κ2) is 9.93. The Morgan fingerprint density at radius 2 is 1.60 bits per heavy atom. The van der Waals surface area contributed by atoms with Gasteiger partial charge >= 0.3 is 17.9 Å². The first-order chi connectivity index (χ1) is 12.0. The summed E-state index contributed by atoms with van der Waals surface area (Å²) in [5.41, 5.74) is -0.910. The van der Waals surface area contributed by atoms with Gasteiger partial charge in [0, 0.05) is 18.1 Å². The lowest BCUT2D eigenvalue weighted by Gasteiger charge is -2.24. The lowest BCUT2D eigenvalue weighted by molar-refractivity contribution is -0.168. The van der Waals surface area contributed by atoms with E-state index < -0.39 is 23.3 Å². The van der Waals surface area contributed by atoms with E-state index in [2.05, 4.69) is 16.6 Å². The highest BCUT2D eigenvalue weighted by molar-refractivity contribution is 6.00. The lowest BCUT2D eigenvalue weighted by Crippen LogP contribution is -2.40. The van der Waals surface area contributed by atoms with Crippen LogP contribution in [-0.2, 0) is 28.6 Å². The molecule has 0 atom stereocenters. The van der Waals surface area contributed by atoms with Crippen LogP contribution in [0.25, 0.3) is 0 Å². The molecule has 0 aliphatic carbocycles. The zero-order valence-electron chi connectivity index (χ0n) is 14.4. The summed E-state index contributed by atoms with van der Waals surface area (Å²) in [6.07, 6.45) is 2.27. The molecule has 0 fully saturated rings. The fourth-order valence-electron chi connectivity index (χ4n) is 2.10. The molecule has 1 rings (SSSR count). The molecule has 6 nitrogen and oxygen atoms in total. The Morgan fingerprint density at radius 3 is 2.12 bits per heavy atom. The van der Waals surface area contributed by atoms with E-state index >= 15 is 0 Å². The third-order valence-electron chi connectivity index (χ3n) is 3.47. The molecule has 25 heavy (non-hydrogen) atoms. The van der Waals surface area contributed by atoms with E-state index in [0.717, 1.165) is 11.6 Å². The van der Waals surface area contributed by atoms with Gasteiger partial charge < -0.3 is 14.2 Å². The summed E-state index contributed by atoms with van der Waals surface area (Å²) < 4.78 is 14.0. The summed E-state index contributed by atoms with van der Waals surface area (Å²) in [6, 6.07) is 9.13. The number of carbonyl (C=O) groups excluding carboxylic acids is 3. The number of hydrogen-bond donors (Lipinski definition) is 0. The van der Waals surface area contributed by atoms with E-state index in [1.807, 2.05) is 30.3 Å². The third kappa shape index (κ3) is 5.50. The summed E-state index contributed by atoms with van der Waals surface area (Å²) in [5, 5.41) is 0. The molecule has 0 unspecified atom stereocenters. The van der Waals surface area contributed by atoms with Gasteiger partial charge in [0.25, 0.3) is 0 Å². The second-order valence-electron chi connectivity index (χ2n) is 5.04. The SMILES string of the molecule is COC(=O)/C=C\CC(CC#Cc1ccccc1)(C(=O)OC)C(=O)OC. The van der Waals surface area contributed by atoms with Gasteiger partial charge in [0.05, 0.1) is 21.3 Å². The van der Waals surface area contributed by atoms with Crippen LogP contribution < -0.4 is 0 Å². The Labute approximate surface area is 146 Å². The van der Waals surface area contributed by atoms with Gasteiger partial charge in [-0.3, -0.25) is 9.59 Å². The van der Waals surface area contributed by atoms with Crippen LogP contribution in [0.15, 0.2) is 42.5 Å². The minimum atomic E-state index is -1.66. The molecular weight excluding hydrogens is 324 g/mol. The number of esters is 3. The predicted octanol–water partition coefficient (Wildman–Crippen LogP) is 1.88. The van der Waals surface area contributed by atoms with Crippen LogP contribution in [0.5, 0.6) is 0 Å². The average Bonchev–Trinajstić information content (AvgIpc) is 2.66. The molecule has 0 aliphatic rings. The maximum Gasteiger partial charge on any atom is 0.330 e. The molecule has 0 N–H and O–H groups in total. The smallest absolute Gasteiger partial charge is 0.330 e. The second-order valence-corrected chi connectivity index (χ2v) is 5.04. The van der Waals surface area contributed by atoms with Crippen LogP contribution in [0.1, 0.15) is 18.4 Å². The molecule has 0 amide bonds.